The molecule has 0 radical (unpaired) electrons. The van der Waals surface area contributed by atoms with Crippen molar-refractivity contribution in [1.82, 2.24) is 0 Å². The van der Waals surface area contributed by atoms with Gasteiger partial charge in [-0.1, -0.05) is 18.9 Å². The Hall–Kier alpha value is -1.12. The van der Waals surface area contributed by atoms with Crippen LogP contribution >= 0.6 is 0 Å². The number of carbonyl (C=O) groups is 2. The third-order valence-corrected chi connectivity index (χ3v) is 2.69. The van der Waals surface area contributed by atoms with Crippen LogP contribution in [0.5, 0.6) is 0 Å². The van der Waals surface area contributed by atoms with Crippen molar-refractivity contribution in [2.75, 3.05) is 0 Å². The van der Waals surface area contributed by atoms with E-state index in [1.165, 1.54) is 0 Å². The standard InChI is InChI=1S/C11H16O3/c1-3-4-7(2)10-8(11(13)14)5-6-9(10)12/h8H,3-6H2,1-2H3,(H,13,14)/b10-7-. The van der Waals surface area contributed by atoms with Gasteiger partial charge in [0.15, 0.2) is 5.78 Å². The smallest absolute Gasteiger partial charge is 0.311 e. The molecule has 0 saturated heterocycles. The topological polar surface area (TPSA) is 54.4 Å². The van der Waals surface area contributed by atoms with Crippen LogP contribution in [0, 0.1) is 5.92 Å². The minimum absolute atomic E-state index is 0.0309. The third-order valence-electron chi connectivity index (χ3n) is 2.69. The second-order valence-electron chi connectivity index (χ2n) is 3.80. The van der Waals surface area contributed by atoms with E-state index in [2.05, 4.69) is 0 Å². The maximum atomic E-state index is 11.5. The lowest BCUT2D eigenvalue weighted by molar-refractivity contribution is -0.140. The molecule has 0 spiro atoms. The summed E-state index contributed by atoms with van der Waals surface area (Å²) >= 11 is 0. The van der Waals surface area contributed by atoms with E-state index in [9.17, 15) is 9.59 Å². The molecule has 1 atom stereocenters. The maximum Gasteiger partial charge on any atom is 0.311 e. The van der Waals surface area contributed by atoms with Crippen LogP contribution in [-0.4, -0.2) is 16.9 Å². The maximum absolute atomic E-state index is 11.5. The molecule has 0 aromatic carbocycles. The highest BCUT2D eigenvalue weighted by molar-refractivity contribution is 6.03. The molecular weight excluding hydrogens is 180 g/mol. The zero-order chi connectivity index (χ0) is 10.7. The van der Waals surface area contributed by atoms with E-state index >= 15 is 0 Å². The summed E-state index contributed by atoms with van der Waals surface area (Å²) in [5.41, 5.74) is 1.53. The van der Waals surface area contributed by atoms with Crippen molar-refractivity contribution in [3.63, 3.8) is 0 Å². The molecule has 1 aliphatic rings. The van der Waals surface area contributed by atoms with E-state index < -0.39 is 11.9 Å². The number of rotatable bonds is 3. The van der Waals surface area contributed by atoms with Gasteiger partial charge in [-0.15, -0.1) is 0 Å². The Morgan fingerprint density at radius 1 is 1.57 bits per heavy atom. The summed E-state index contributed by atoms with van der Waals surface area (Å²) in [7, 11) is 0. The minimum Gasteiger partial charge on any atom is -0.481 e. The van der Waals surface area contributed by atoms with Crippen LogP contribution in [0.3, 0.4) is 0 Å². The molecule has 0 bridgehead atoms. The first-order valence-corrected chi connectivity index (χ1v) is 5.03. The van der Waals surface area contributed by atoms with Gasteiger partial charge in [0.1, 0.15) is 0 Å². The number of carboxylic acids is 1. The van der Waals surface area contributed by atoms with Crippen LogP contribution in [0.2, 0.25) is 0 Å². The number of ketones is 1. The molecule has 0 aromatic heterocycles. The van der Waals surface area contributed by atoms with Crippen molar-refractivity contribution in [3.8, 4) is 0 Å². The molecule has 1 rings (SSSR count). The summed E-state index contributed by atoms with van der Waals surface area (Å²) in [6.07, 6.45) is 2.65. The van der Waals surface area contributed by atoms with Crippen LogP contribution in [0.1, 0.15) is 39.5 Å². The lowest BCUT2D eigenvalue weighted by Crippen LogP contribution is -2.14. The highest BCUT2D eigenvalue weighted by Crippen LogP contribution is 2.32. The molecule has 1 saturated carbocycles. The first-order valence-electron chi connectivity index (χ1n) is 5.03. The van der Waals surface area contributed by atoms with Crippen molar-refractivity contribution < 1.29 is 14.7 Å². The molecule has 1 fully saturated rings. The highest BCUT2D eigenvalue weighted by atomic mass is 16.4. The summed E-state index contributed by atoms with van der Waals surface area (Å²) in [4.78, 5) is 22.4. The molecule has 0 amide bonds. The fourth-order valence-corrected chi connectivity index (χ4v) is 2.04. The normalized spacial score (nSPS) is 25.3. The van der Waals surface area contributed by atoms with Crippen LogP contribution in [0.15, 0.2) is 11.1 Å². The Morgan fingerprint density at radius 3 is 2.71 bits per heavy atom. The number of hydrogen-bond acceptors (Lipinski definition) is 2. The van der Waals surface area contributed by atoms with Gasteiger partial charge in [0.25, 0.3) is 0 Å². The van der Waals surface area contributed by atoms with Gasteiger partial charge in [-0.2, -0.15) is 0 Å². The highest BCUT2D eigenvalue weighted by Gasteiger charge is 2.34. The minimum atomic E-state index is -0.860. The molecule has 78 valence electrons. The van der Waals surface area contributed by atoms with Gasteiger partial charge in [-0.3, -0.25) is 9.59 Å². The SMILES string of the molecule is CCC/C(C)=C1\C(=O)CCC1C(=O)O. The lowest BCUT2D eigenvalue weighted by atomic mass is 9.95. The zero-order valence-corrected chi connectivity index (χ0v) is 8.67. The first-order chi connectivity index (χ1) is 6.57. The number of hydrogen-bond donors (Lipinski definition) is 1. The zero-order valence-electron chi connectivity index (χ0n) is 8.67. The Morgan fingerprint density at radius 2 is 2.21 bits per heavy atom. The largest absolute Gasteiger partial charge is 0.481 e. The van der Waals surface area contributed by atoms with Crippen LogP contribution < -0.4 is 0 Å². The Labute approximate surface area is 83.8 Å². The predicted octanol–water partition coefficient (Wildman–Crippen LogP) is 2.17. The van der Waals surface area contributed by atoms with Gasteiger partial charge in [-0.25, -0.2) is 0 Å². The van der Waals surface area contributed by atoms with E-state index in [4.69, 9.17) is 5.11 Å². The summed E-state index contributed by atoms with van der Waals surface area (Å²) in [6.45, 7) is 3.90. The Bertz CT molecular complexity index is 289. The average Bonchev–Trinajstić information content (AvgIpc) is 2.47. The monoisotopic (exact) mass is 196 g/mol. The fraction of sp³-hybridized carbons (Fsp3) is 0.636. The fourth-order valence-electron chi connectivity index (χ4n) is 2.04. The van der Waals surface area contributed by atoms with Crippen molar-refractivity contribution in [2.45, 2.75) is 39.5 Å². The number of carbonyl (C=O) groups excluding carboxylic acids is 1. The molecule has 1 N–H and O–H groups in total. The van der Waals surface area contributed by atoms with Crippen LogP contribution in [-0.2, 0) is 9.59 Å². The van der Waals surface area contributed by atoms with Gasteiger partial charge >= 0.3 is 5.97 Å². The molecule has 0 aliphatic heterocycles. The van der Waals surface area contributed by atoms with E-state index in [0.717, 1.165) is 18.4 Å². The lowest BCUT2D eigenvalue weighted by Gasteiger charge is -2.09. The van der Waals surface area contributed by atoms with E-state index in [-0.39, 0.29) is 5.78 Å². The van der Waals surface area contributed by atoms with Gasteiger partial charge < -0.3 is 5.11 Å². The quantitative estimate of drug-likeness (QED) is 0.704. The number of carboxylic acid groups (broad SMARTS) is 1. The van der Waals surface area contributed by atoms with E-state index in [1.54, 1.807) is 0 Å². The molecule has 0 heterocycles. The molecule has 14 heavy (non-hydrogen) atoms. The van der Waals surface area contributed by atoms with Crippen molar-refractivity contribution in [2.24, 2.45) is 5.92 Å². The Balaban J connectivity index is 2.97. The average molecular weight is 196 g/mol. The molecule has 1 aliphatic carbocycles. The van der Waals surface area contributed by atoms with Gasteiger partial charge in [0.2, 0.25) is 0 Å². The van der Waals surface area contributed by atoms with Gasteiger partial charge in [0.05, 0.1) is 5.92 Å². The molecule has 3 nitrogen and oxygen atoms in total. The molecule has 0 aromatic rings. The Kier molecular flexibility index (Phi) is 3.44. The third kappa shape index (κ3) is 2.03. The summed E-state index contributed by atoms with van der Waals surface area (Å²) < 4.78 is 0. The van der Waals surface area contributed by atoms with Gasteiger partial charge in [0, 0.05) is 12.0 Å². The second kappa shape index (κ2) is 4.40. The molecule has 1 unspecified atom stereocenters. The predicted molar refractivity (Wildman–Crippen MR) is 53.0 cm³/mol. The number of allylic oxidation sites excluding steroid dienone is 1. The van der Waals surface area contributed by atoms with Crippen molar-refractivity contribution >= 4 is 11.8 Å². The molecular formula is C11H16O3. The second-order valence-corrected chi connectivity index (χ2v) is 3.80. The van der Waals surface area contributed by atoms with Crippen molar-refractivity contribution in [1.29, 1.82) is 0 Å². The van der Waals surface area contributed by atoms with Crippen molar-refractivity contribution in [3.05, 3.63) is 11.1 Å². The molecule has 3 heteroatoms. The number of Topliss-reactive ketones (excluding diaryl/α,β-unsaturated/α-hetero) is 1. The van der Waals surface area contributed by atoms with Crippen LogP contribution in [0.25, 0.3) is 0 Å². The van der Waals surface area contributed by atoms with Gasteiger partial charge in [-0.05, 0) is 19.8 Å². The van der Waals surface area contributed by atoms with E-state index in [0.29, 0.717) is 18.4 Å². The summed E-state index contributed by atoms with van der Waals surface area (Å²) in [5, 5.41) is 8.93. The summed E-state index contributed by atoms with van der Waals surface area (Å²) in [6, 6.07) is 0. The van der Waals surface area contributed by atoms with E-state index in [1.807, 2.05) is 13.8 Å². The number of aliphatic carboxylic acids is 1. The summed E-state index contributed by atoms with van der Waals surface area (Å²) in [5.74, 6) is -1.38. The van der Waals surface area contributed by atoms with Crippen LogP contribution in [0.4, 0.5) is 0 Å². The first kappa shape index (κ1) is 11.0.